The molecule has 5 heteroatoms. The number of amides is 1. The fourth-order valence-corrected chi connectivity index (χ4v) is 3.35. The van der Waals surface area contributed by atoms with Crippen molar-refractivity contribution in [2.24, 2.45) is 0 Å². The van der Waals surface area contributed by atoms with Gasteiger partial charge in [0.05, 0.1) is 12.3 Å². The smallest absolute Gasteiger partial charge is 0.270 e. The van der Waals surface area contributed by atoms with Gasteiger partial charge in [-0.25, -0.2) is 4.98 Å². The Morgan fingerprint density at radius 1 is 1.35 bits per heavy atom. The Morgan fingerprint density at radius 2 is 2.13 bits per heavy atom. The van der Waals surface area contributed by atoms with E-state index >= 15 is 0 Å². The molecular formula is C18H25N3O2. The number of nitrogens with one attached hydrogen (secondary N) is 1. The van der Waals surface area contributed by atoms with Crippen LogP contribution in [-0.4, -0.2) is 27.9 Å². The van der Waals surface area contributed by atoms with Crippen molar-refractivity contribution in [1.82, 2.24) is 14.7 Å². The summed E-state index contributed by atoms with van der Waals surface area (Å²) in [4.78, 5) is 17.5. The molecule has 0 atom stereocenters. The van der Waals surface area contributed by atoms with Crippen LogP contribution in [0.5, 0.6) is 5.75 Å². The van der Waals surface area contributed by atoms with Crippen molar-refractivity contribution >= 4 is 11.6 Å². The lowest BCUT2D eigenvalue weighted by atomic mass is 9.95. The molecule has 2 aromatic heterocycles. The number of carbonyl (C=O) groups excluding carboxylic acids is 1. The molecule has 1 saturated carbocycles. The molecule has 3 rings (SSSR count). The van der Waals surface area contributed by atoms with Gasteiger partial charge in [-0.15, -0.1) is 0 Å². The molecular weight excluding hydrogens is 290 g/mol. The molecule has 0 radical (unpaired) electrons. The van der Waals surface area contributed by atoms with Crippen molar-refractivity contribution in [3.63, 3.8) is 0 Å². The number of aromatic nitrogens is 2. The van der Waals surface area contributed by atoms with E-state index in [9.17, 15) is 4.79 Å². The van der Waals surface area contributed by atoms with Gasteiger partial charge in [0.2, 0.25) is 0 Å². The summed E-state index contributed by atoms with van der Waals surface area (Å²) in [6.07, 6.45) is 8.45. The van der Waals surface area contributed by atoms with E-state index in [0.717, 1.165) is 36.4 Å². The van der Waals surface area contributed by atoms with E-state index in [-0.39, 0.29) is 5.91 Å². The quantitative estimate of drug-likeness (QED) is 0.920. The maximum Gasteiger partial charge on any atom is 0.270 e. The number of nitrogens with zero attached hydrogens (tertiary/aromatic N) is 2. The monoisotopic (exact) mass is 315 g/mol. The molecule has 5 nitrogen and oxygen atoms in total. The Morgan fingerprint density at radius 3 is 2.83 bits per heavy atom. The van der Waals surface area contributed by atoms with E-state index < -0.39 is 0 Å². The summed E-state index contributed by atoms with van der Waals surface area (Å²) in [5.74, 6) is 0.705. The molecule has 0 spiro atoms. The number of fused-ring (bicyclic) bond motifs is 1. The molecule has 1 aliphatic rings. The van der Waals surface area contributed by atoms with Gasteiger partial charge in [0, 0.05) is 12.2 Å². The number of imidazole rings is 1. The first-order chi connectivity index (χ1) is 11.2. The third kappa shape index (κ3) is 3.19. The average molecular weight is 315 g/mol. The third-order valence-electron chi connectivity index (χ3n) is 4.48. The molecule has 0 bridgehead atoms. The van der Waals surface area contributed by atoms with Crippen molar-refractivity contribution in [1.29, 1.82) is 0 Å². The topological polar surface area (TPSA) is 55.6 Å². The first-order valence-electron chi connectivity index (χ1n) is 8.68. The van der Waals surface area contributed by atoms with Gasteiger partial charge in [-0.1, -0.05) is 26.2 Å². The van der Waals surface area contributed by atoms with Crippen LogP contribution in [0.15, 0.2) is 18.3 Å². The van der Waals surface area contributed by atoms with Crippen LogP contribution in [0.4, 0.5) is 0 Å². The highest BCUT2D eigenvalue weighted by Gasteiger charge is 2.23. The molecule has 124 valence electrons. The highest BCUT2D eigenvalue weighted by Crippen LogP contribution is 2.24. The van der Waals surface area contributed by atoms with Gasteiger partial charge in [-0.2, -0.15) is 0 Å². The van der Waals surface area contributed by atoms with Crippen LogP contribution in [0.3, 0.4) is 0 Å². The van der Waals surface area contributed by atoms with E-state index in [4.69, 9.17) is 4.74 Å². The Kier molecular flexibility index (Phi) is 4.84. The van der Waals surface area contributed by atoms with Gasteiger partial charge in [-0.05, 0) is 38.3 Å². The SMILES string of the molecule is CCOc1cccn2c(C(=O)NC3CCCCC3)c(CC)nc12. The zero-order valence-electron chi connectivity index (χ0n) is 14.0. The second-order valence-electron chi connectivity index (χ2n) is 6.07. The molecule has 0 saturated heterocycles. The molecule has 2 heterocycles. The second kappa shape index (κ2) is 7.02. The Hall–Kier alpha value is -2.04. The van der Waals surface area contributed by atoms with Crippen LogP contribution < -0.4 is 10.1 Å². The summed E-state index contributed by atoms with van der Waals surface area (Å²) in [5, 5.41) is 3.20. The number of pyridine rings is 1. The van der Waals surface area contributed by atoms with Gasteiger partial charge < -0.3 is 10.1 Å². The van der Waals surface area contributed by atoms with Crippen molar-refractivity contribution in [2.45, 2.75) is 58.4 Å². The number of carbonyl (C=O) groups is 1. The predicted octanol–water partition coefficient (Wildman–Crippen LogP) is 3.36. The first kappa shape index (κ1) is 15.8. The normalized spacial score (nSPS) is 15.7. The minimum Gasteiger partial charge on any atom is -0.490 e. The summed E-state index contributed by atoms with van der Waals surface area (Å²) in [6, 6.07) is 4.09. The van der Waals surface area contributed by atoms with E-state index in [1.165, 1.54) is 19.3 Å². The second-order valence-corrected chi connectivity index (χ2v) is 6.07. The molecule has 1 amide bonds. The number of hydrogen-bond acceptors (Lipinski definition) is 3. The van der Waals surface area contributed by atoms with Gasteiger partial charge in [0.25, 0.3) is 5.91 Å². The van der Waals surface area contributed by atoms with Crippen LogP contribution in [0.1, 0.15) is 62.1 Å². The molecule has 0 unspecified atom stereocenters. The summed E-state index contributed by atoms with van der Waals surface area (Å²) >= 11 is 0. The molecule has 0 aliphatic heterocycles. The summed E-state index contributed by atoms with van der Waals surface area (Å²) < 4.78 is 7.51. The first-order valence-corrected chi connectivity index (χ1v) is 8.68. The molecule has 0 aromatic carbocycles. The summed E-state index contributed by atoms with van der Waals surface area (Å²) in [6.45, 7) is 4.56. The van der Waals surface area contributed by atoms with Gasteiger partial charge in [0.1, 0.15) is 5.69 Å². The summed E-state index contributed by atoms with van der Waals surface area (Å²) in [5.41, 5.74) is 2.19. The van der Waals surface area contributed by atoms with Crippen molar-refractivity contribution in [2.75, 3.05) is 6.61 Å². The lowest BCUT2D eigenvalue weighted by molar-refractivity contribution is 0.0920. The van der Waals surface area contributed by atoms with Crippen molar-refractivity contribution in [3.05, 3.63) is 29.7 Å². The number of aryl methyl sites for hydroxylation is 1. The Bertz CT molecular complexity index is 687. The largest absolute Gasteiger partial charge is 0.490 e. The van der Waals surface area contributed by atoms with Crippen molar-refractivity contribution < 1.29 is 9.53 Å². The van der Waals surface area contributed by atoms with E-state index in [1.807, 2.05) is 36.6 Å². The van der Waals surface area contributed by atoms with E-state index in [0.29, 0.717) is 18.3 Å². The lowest BCUT2D eigenvalue weighted by Crippen LogP contribution is -2.37. The Labute approximate surface area is 137 Å². The third-order valence-corrected chi connectivity index (χ3v) is 4.48. The number of ether oxygens (including phenoxy) is 1. The van der Waals surface area contributed by atoms with Crippen LogP contribution in [0.2, 0.25) is 0 Å². The predicted molar refractivity (Wildman–Crippen MR) is 90.1 cm³/mol. The molecule has 2 aromatic rings. The van der Waals surface area contributed by atoms with Gasteiger partial charge in [-0.3, -0.25) is 9.20 Å². The van der Waals surface area contributed by atoms with Gasteiger partial charge in [0.15, 0.2) is 11.4 Å². The highest BCUT2D eigenvalue weighted by atomic mass is 16.5. The maximum atomic E-state index is 12.8. The molecule has 1 N–H and O–H groups in total. The highest BCUT2D eigenvalue weighted by molar-refractivity contribution is 5.95. The molecule has 1 aliphatic carbocycles. The maximum absolute atomic E-state index is 12.8. The zero-order chi connectivity index (χ0) is 16.2. The lowest BCUT2D eigenvalue weighted by Gasteiger charge is -2.22. The fraction of sp³-hybridized carbons (Fsp3) is 0.556. The van der Waals surface area contributed by atoms with Crippen LogP contribution in [0.25, 0.3) is 5.65 Å². The van der Waals surface area contributed by atoms with Crippen LogP contribution in [-0.2, 0) is 6.42 Å². The minimum absolute atomic E-state index is 0.0186. The Balaban J connectivity index is 1.94. The van der Waals surface area contributed by atoms with Gasteiger partial charge >= 0.3 is 0 Å². The minimum atomic E-state index is -0.0186. The van der Waals surface area contributed by atoms with E-state index in [2.05, 4.69) is 10.3 Å². The van der Waals surface area contributed by atoms with Crippen LogP contribution >= 0.6 is 0 Å². The number of rotatable bonds is 5. The van der Waals surface area contributed by atoms with Crippen LogP contribution in [0, 0.1) is 0 Å². The van der Waals surface area contributed by atoms with E-state index in [1.54, 1.807) is 0 Å². The molecule has 23 heavy (non-hydrogen) atoms. The zero-order valence-corrected chi connectivity index (χ0v) is 14.0. The van der Waals surface area contributed by atoms with Crippen molar-refractivity contribution in [3.8, 4) is 5.75 Å². The molecule has 1 fully saturated rings. The average Bonchev–Trinajstić information content (AvgIpc) is 2.96. The summed E-state index contributed by atoms with van der Waals surface area (Å²) in [7, 11) is 0. The standard InChI is InChI=1S/C18H25N3O2/c1-3-14-16(18(22)19-13-9-6-5-7-10-13)21-12-8-11-15(23-4-2)17(21)20-14/h8,11-13H,3-7,9-10H2,1-2H3,(H,19,22). The number of hydrogen-bond donors (Lipinski definition) is 1. The fourth-order valence-electron chi connectivity index (χ4n) is 3.35.